The molecule has 0 saturated heterocycles. The number of sulfonamides is 1. The largest absolute Gasteiger partial charge is 0.355 e. The first kappa shape index (κ1) is 32.0. The molecule has 0 aliphatic carbocycles. The summed E-state index contributed by atoms with van der Waals surface area (Å²) in [7, 11) is -4.32. The number of para-hydroxylation sites is 1. The van der Waals surface area contributed by atoms with Crippen LogP contribution in [-0.4, -0.2) is 44.3 Å². The molecule has 4 aromatic rings. The van der Waals surface area contributed by atoms with Crippen molar-refractivity contribution in [3.8, 4) is 0 Å². The molecule has 1 atom stereocenters. The van der Waals surface area contributed by atoms with Gasteiger partial charge < -0.3 is 10.2 Å². The van der Waals surface area contributed by atoms with E-state index in [0.29, 0.717) is 17.1 Å². The second-order valence-corrected chi connectivity index (χ2v) is 12.3. The van der Waals surface area contributed by atoms with Crippen molar-refractivity contribution in [2.45, 2.75) is 30.8 Å². The fourth-order valence-corrected chi connectivity index (χ4v) is 6.27. The molecule has 4 aromatic carbocycles. The van der Waals surface area contributed by atoms with Crippen molar-refractivity contribution in [3.05, 3.63) is 130 Å². The summed E-state index contributed by atoms with van der Waals surface area (Å²) in [6.07, 6.45) is 0.176. The van der Waals surface area contributed by atoms with Crippen LogP contribution in [-0.2, 0) is 32.6 Å². The molecule has 0 radical (unpaired) electrons. The summed E-state index contributed by atoms with van der Waals surface area (Å²) in [6, 6.07) is 25.6. The Morgan fingerprint density at radius 2 is 1.47 bits per heavy atom. The molecule has 0 aliphatic heterocycles. The predicted molar refractivity (Wildman–Crippen MR) is 167 cm³/mol. The molecular formula is C32H30Cl2FN3O4S. The highest BCUT2D eigenvalue weighted by molar-refractivity contribution is 7.92. The molecule has 0 bridgehead atoms. The zero-order chi connectivity index (χ0) is 31.0. The summed E-state index contributed by atoms with van der Waals surface area (Å²) in [5, 5.41) is 3.41. The summed E-state index contributed by atoms with van der Waals surface area (Å²) in [6.45, 7) is 1.42. The first-order valence-electron chi connectivity index (χ1n) is 13.5. The van der Waals surface area contributed by atoms with Gasteiger partial charge in [-0.15, -0.1) is 0 Å². The third-order valence-electron chi connectivity index (χ3n) is 6.68. The van der Waals surface area contributed by atoms with Crippen molar-refractivity contribution >= 4 is 50.7 Å². The van der Waals surface area contributed by atoms with Crippen LogP contribution in [0.5, 0.6) is 0 Å². The van der Waals surface area contributed by atoms with Crippen molar-refractivity contribution in [1.82, 2.24) is 10.2 Å². The zero-order valence-electron chi connectivity index (χ0n) is 23.3. The normalized spacial score (nSPS) is 11.9. The first-order chi connectivity index (χ1) is 20.6. The summed E-state index contributed by atoms with van der Waals surface area (Å²) in [5.74, 6) is -1.63. The lowest BCUT2D eigenvalue weighted by Gasteiger charge is -2.34. The number of likely N-dealkylation sites (N-methyl/N-ethyl adjacent to an activating group) is 1. The number of halogens is 3. The fraction of sp³-hybridized carbons (Fsp3) is 0.188. The lowest BCUT2D eigenvalue weighted by atomic mass is 10.0. The number of amides is 2. The SMILES string of the molecule is CCNC(=O)[C@@H](Cc1ccccc1)N(Cc1ccc(Cl)c(Cl)c1)C(=O)CN(c1ccccc1)S(=O)(=O)c1ccc(F)cc1. The Bertz CT molecular complexity index is 1660. The Hall–Kier alpha value is -3.92. The molecule has 43 heavy (non-hydrogen) atoms. The van der Waals surface area contributed by atoms with Crippen molar-refractivity contribution in [3.63, 3.8) is 0 Å². The Morgan fingerprint density at radius 1 is 0.837 bits per heavy atom. The molecule has 0 spiro atoms. The van der Waals surface area contributed by atoms with Crippen LogP contribution >= 0.6 is 23.2 Å². The van der Waals surface area contributed by atoms with Gasteiger partial charge in [-0.2, -0.15) is 0 Å². The zero-order valence-corrected chi connectivity index (χ0v) is 25.6. The van der Waals surface area contributed by atoms with E-state index in [2.05, 4.69) is 5.32 Å². The van der Waals surface area contributed by atoms with Crippen LogP contribution in [0.4, 0.5) is 10.1 Å². The highest BCUT2D eigenvalue weighted by Crippen LogP contribution is 2.27. The molecule has 0 unspecified atom stereocenters. The van der Waals surface area contributed by atoms with Gasteiger partial charge in [0, 0.05) is 19.5 Å². The van der Waals surface area contributed by atoms with Gasteiger partial charge in [-0.05, 0) is 66.6 Å². The van der Waals surface area contributed by atoms with E-state index in [-0.39, 0.29) is 28.6 Å². The molecule has 0 saturated carbocycles. The van der Waals surface area contributed by atoms with Crippen molar-refractivity contribution in [1.29, 1.82) is 0 Å². The van der Waals surface area contributed by atoms with Crippen LogP contribution in [0, 0.1) is 5.82 Å². The smallest absolute Gasteiger partial charge is 0.264 e. The van der Waals surface area contributed by atoms with E-state index in [0.717, 1.165) is 34.1 Å². The van der Waals surface area contributed by atoms with Crippen LogP contribution in [0.3, 0.4) is 0 Å². The summed E-state index contributed by atoms with van der Waals surface area (Å²) in [5.41, 5.74) is 1.63. The van der Waals surface area contributed by atoms with E-state index < -0.39 is 40.2 Å². The molecule has 224 valence electrons. The lowest BCUT2D eigenvalue weighted by molar-refractivity contribution is -0.140. The minimum atomic E-state index is -4.32. The van der Waals surface area contributed by atoms with Gasteiger partial charge in [0.05, 0.1) is 20.6 Å². The number of hydrogen-bond donors (Lipinski definition) is 1. The van der Waals surface area contributed by atoms with Gasteiger partial charge >= 0.3 is 0 Å². The van der Waals surface area contributed by atoms with Gasteiger partial charge in [-0.3, -0.25) is 13.9 Å². The predicted octanol–water partition coefficient (Wildman–Crippen LogP) is 6.10. The van der Waals surface area contributed by atoms with Gasteiger partial charge in [0.2, 0.25) is 11.8 Å². The average Bonchev–Trinajstić information content (AvgIpc) is 3.00. The Kier molecular flexibility index (Phi) is 10.8. The summed E-state index contributed by atoms with van der Waals surface area (Å²) >= 11 is 12.4. The first-order valence-corrected chi connectivity index (χ1v) is 15.7. The summed E-state index contributed by atoms with van der Waals surface area (Å²) in [4.78, 5) is 28.9. The van der Waals surface area contributed by atoms with Crippen LogP contribution in [0.25, 0.3) is 0 Å². The maximum Gasteiger partial charge on any atom is 0.264 e. The van der Waals surface area contributed by atoms with Gasteiger partial charge in [0.15, 0.2) is 0 Å². The highest BCUT2D eigenvalue weighted by atomic mass is 35.5. The molecule has 4 rings (SSSR count). The second-order valence-electron chi connectivity index (χ2n) is 9.67. The third-order valence-corrected chi connectivity index (χ3v) is 9.21. The second kappa shape index (κ2) is 14.5. The van der Waals surface area contributed by atoms with E-state index in [1.54, 1.807) is 55.5 Å². The van der Waals surface area contributed by atoms with Gasteiger partial charge in [-0.1, -0.05) is 77.8 Å². The van der Waals surface area contributed by atoms with E-state index in [1.165, 1.54) is 4.90 Å². The minimum Gasteiger partial charge on any atom is -0.355 e. The number of rotatable bonds is 12. The van der Waals surface area contributed by atoms with Gasteiger partial charge in [0.25, 0.3) is 10.0 Å². The molecule has 7 nitrogen and oxygen atoms in total. The van der Waals surface area contributed by atoms with Crippen molar-refractivity contribution < 1.29 is 22.4 Å². The number of carbonyl (C=O) groups is 2. The molecule has 0 aliphatic rings. The highest BCUT2D eigenvalue weighted by Gasteiger charge is 2.34. The lowest BCUT2D eigenvalue weighted by Crippen LogP contribution is -2.53. The number of hydrogen-bond acceptors (Lipinski definition) is 4. The van der Waals surface area contributed by atoms with E-state index in [9.17, 15) is 22.4 Å². The molecule has 0 aromatic heterocycles. The maximum atomic E-state index is 14.3. The van der Waals surface area contributed by atoms with Crippen molar-refractivity contribution in [2.24, 2.45) is 0 Å². The number of carbonyl (C=O) groups excluding carboxylic acids is 2. The third kappa shape index (κ3) is 8.13. The quantitative estimate of drug-likeness (QED) is 0.202. The van der Waals surface area contributed by atoms with Crippen LogP contribution in [0.15, 0.2) is 108 Å². The molecule has 2 amide bonds. The number of nitrogens with zero attached hydrogens (tertiary/aromatic N) is 2. The van der Waals surface area contributed by atoms with Crippen molar-refractivity contribution in [2.75, 3.05) is 17.4 Å². The number of anilines is 1. The van der Waals surface area contributed by atoms with E-state index >= 15 is 0 Å². The molecular weight excluding hydrogens is 612 g/mol. The van der Waals surface area contributed by atoms with E-state index in [4.69, 9.17) is 23.2 Å². The van der Waals surface area contributed by atoms with Crippen LogP contribution < -0.4 is 9.62 Å². The fourth-order valence-electron chi connectivity index (χ4n) is 4.54. The number of nitrogens with one attached hydrogen (secondary N) is 1. The Morgan fingerprint density at radius 3 is 2.07 bits per heavy atom. The van der Waals surface area contributed by atoms with E-state index in [1.807, 2.05) is 30.3 Å². The Balaban J connectivity index is 1.79. The van der Waals surface area contributed by atoms with Gasteiger partial charge in [0.1, 0.15) is 18.4 Å². The topological polar surface area (TPSA) is 86.8 Å². The number of benzene rings is 4. The molecule has 1 N–H and O–H groups in total. The molecule has 11 heteroatoms. The van der Waals surface area contributed by atoms with Crippen LogP contribution in [0.1, 0.15) is 18.1 Å². The average molecular weight is 643 g/mol. The minimum absolute atomic E-state index is 0.0520. The Labute approximate surface area is 260 Å². The standard InChI is InChI=1S/C32H30Cl2FN3O4S/c1-2-36-32(40)30(20-23-9-5-3-6-10-23)37(21-24-13-18-28(33)29(34)19-24)31(39)22-38(26-11-7-4-8-12-26)43(41,42)27-16-14-25(35)15-17-27/h3-19,30H,2,20-22H2,1H3,(H,36,40)/t30-/m1/s1. The maximum absolute atomic E-state index is 14.3. The van der Waals surface area contributed by atoms with Crippen LogP contribution in [0.2, 0.25) is 10.0 Å². The van der Waals surface area contributed by atoms with Gasteiger partial charge in [-0.25, -0.2) is 12.8 Å². The molecule has 0 heterocycles. The molecule has 0 fully saturated rings. The monoisotopic (exact) mass is 641 g/mol. The summed E-state index contributed by atoms with van der Waals surface area (Å²) < 4.78 is 42.3.